The van der Waals surface area contributed by atoms with E-state index in [0.29, 0.717) is 5.91 Å². The molecule has 108 valence electrons. The molecule has 0 atom stereocenters. The minimum absolute atomic E-state index is 0.222. The number of amides is 1. The molecule has 0 bridgehead atoms. The first-order valence-corrected chi connectivity index (χ1v) is 8.47. The number of hydrogen-bond acceptors (Lipinski definition) is 2. The average molecular weight is 281 g/mol. The topological polar surface area (TPSA) is 20.3 Å². The second kappa shape index (κ2) is 9.13. The van der Waals surface area contributed by atoms with E-state index in [1.165, 1.54) is 5.56 Å². The molecule has 2 nitrogen and oxygen atoms in total. The molecule has 1 rings (SSSR count). The molecule has 1 aromatic heterocycles. The normalized spacial score (nSPS) is 10.9. The molecule has 3 heteroatoms. The summed E-state index contributed by atoms with van der Waals surface area (Å²) in [6.07, 6.45) is 5.26. The van der Waals surface area contributed by atoms with E-state index in [9.17, 15) is 4.79 Å². The molecule has 0 N–H and O–H groups in total. The molecule has 1 amide bonds. The Kier molecular flexibility index (Phi) is 7.80. The lowest BCUT2D eigenvalue weighted by Crippen LogP contribution is -2.36. The van der Waals surface area contributed by atoms with Crippen LogP contribution in [0.3, 0.4) is 0 Å². The highest BCUT2D eigenvalue weighted by Crippen LogP contribution is 2.19. The van der Waals surface area contributed by atoms with Crippen molar-refractivity contribution in [2.24, 2.45) is 5.92 Å². The molecule has 0 spiro atoms. The van der Waals surface area contributed by atoms with E-state index in [-0.39, 0.29) is 5.92 Å². The van der Waals surface area contributed by atoms with Gasteiger partial charge in [-0.2, -0.15) is 11.3 Å². The summed E-state index contributed by atoms with van der Waals surface area (Å²) in [5, 5.41) is 4.23. The molecule has 0 aliphatic heterocycles. The fourth-order valence-corrected chi connectivity index (χ4v) is 3.15. The van der Waals surface area contributed by atoms with Gasteiger partial charge in [0.25, 0.3) is 0 Å². The predicted molar refractivity (Wildman–Crippen MR) is 83.3 cm³/mol. The molecule has 0 fully saturated rings. The van der Waals surface area contributed by atoms with Crippen molar-refractivity contribution in [2.45, 2.75) is 59.4 Å². The third-order valence-electron chi connectivity index (χ3n) is 3.38. The fraction of sp³-hybridized carbons (Fsp3) is 0.688. The summed E-state index contributed by atoms with van der Waals surface area (Å²) in [4.78, 5) is 14.7. The minimum Gasteiger partial charge on any atom is -0.338 e. The third-order valence-corrected chi connectivity index (χ3v) is 4.11. The maximum absolute atomic E-state index is 12.7. The van der Waals surface area contributed by atoms with E-state index < -0.39 is 0 Å². The number of nitrogens with zero attached hydrogens (tertiary/aromatic N) is 1. The van der Waals surface area contributed by atoms with Crippen molar-refractivity contribution >= 4 is 17.2 Å². The largest absolute Gasteiger partial charge is 0.338 e. The van der Waals surface area contributed by atoms with E-state index in [1.807, 2.05) is 0 Å². The number of rotatable bonds is 9. The molecule has 0 aliphatic carbocycles. The van der Waals surface area contributed by atoms with Gasteiger partial charge in [-0.15, -0.1) is 0 Å². The summed E-state index contributed by atoms with van der Waals surface area (Å²) in [5.41, 5.74) is 1.26. The Morgan fingerprint density at radius 1 is 1.21 bits per heavy atom. The maximum Gasteiger partial charge on any atom is 0.225 e. The van der Waals surface area contributed by atoms with Crippen LogP contribution >= 0.6 is 11.3 Å². The van der Waals surface area contributed by atoms with Crippen molar-refractivity contribution in [1.29, 1.82) is 0 Å². The zero-order valence-electron chi connectivity index (χ0n) is 12.5. The Hall–Kier alpha value is -0.830. The molecule has 0 unspecified atom stereocenters. The average Bonchev–Trinajstić information content (AvgIpc) is 2.90. The number of thiophene rings is 1. The van der Waals surface area contributed by atoms with Gasteiger partial charge in [0.15, 0.2) is 0 Å². The summed E-state index contributed by atoms with van der Waals surface area (Å²) < 4.78 is 0. The minimum atomic E-state index is 0.222. The van der Waals surface area contributed by atoms with Gasteiger partial charge in [0.05, 0.1) is 0 Å². The molecule has 19 heavy (non-hydrogen) atoms. The van der Waals surface area contributed by atoms with Gasteiger partial charge in [0, 0.05) is 19.0 Å². The summed E-state index contributed by atoms with van der Waals surface area (Å²) in [5.74, 6) is 0.580. The Labute approximate surface area is 121 Å². The molecule has 0 aliphatic rings. The van der Waals surface area contributed by atoms with Crippen LogP contribution < -0.4 is 0 Å². The van der Waals surface area contributed by atoms with Crippen LogP contribution in [-0.4, -0.2) is 17.4 Å². The van der Waals surface area contributed by atoms with Crippen LogP contribution in [0.25, 0.3) is 0 Å². The van der Waals surface area contributed by atoms with Crippen LogP contribution in [-0.2, 0) is 11.3 Å². The van der Waals surface area contributed by atoms with Gasteiger partial charge in [0.2, 0.25) is 5.91 Å². The first-order valence-electron chi connectivity index (χ1n) is 7.52. The number of carbonyl (C=O) groups is 1. The number of carbonyl (C=O) groups excluding carboxylic acids is 1. The lowest BCUT2D eigenvalue weighted by molar-refractivity contribution is -0.136. The zero-order chi connectivity index (χ0) is 14.1. The molecule has 0 radical (unpaired) electrons. The molecule has 0 saturated heterocycles. The number of hydrogen-bond donors (Lipinski definition) is 0. The molecular formula is C16H27NOS. The lowest BCUT2D eigenvalue weighted by Gasteiger charge is -2.26. The van der Waals surface area contributed by atoms with Crippen molar-refractivity contribution in [1.82, 2.24) is 4.90 Å². The quantitative estimate of drug-likeness (QED) is 0.642. The predicted octanol–water partition coefficient (Wildman–Crippen LogP) is 4.70. The van der Waals surface area contributed by atoms with Gasteiger partial charge in [-0.3, -0.25) is 4.79 Å². The van der Waals surface area contributed by atoms with E-state index >= 15 is 0 Å². The zero-order valence-corrected chi connectivity index (χ0v) is 13.3. The Morgan fingerprint density at radius 2 is 1.89 bits per heavy atom. The molecule has 1 heterocycles. The van der Waals surface area contributed by atoms with Crippen LogP contribution in [0.5, 0.6) is 0 Å². The molecule has 0 aromatic carbocycles. The fourth-order valence-electron chi connectivity index (χ4n) is 2.49. The van der Waals surface area contributed by atoms with Crippen molar-refractivity contribution in [2.75, 3.05) is 6.54 Å². The van der Waals surface area contributed by atoms with Crippen LogP contribution in [0.1, 0.15) is 58.4 Å². The summed E-state index contributed by atoms with van der Waals surface area (Å²) in [6, 6.07) is 2.12. The van der Waals surface area contributed by atoms with Gasteiger partial charge in [-0.25, -0.2) is 0 Å². The van der Waals surface area contributed by atoms with Gasteiger partial charge in [-0.05, 0) is 41.7 Å². The Morgan fingerprint density at radius 3 is 2.37 bits per heavy atom. The first kappa shape index (κ1) is 16.2. The lowest BCUT2D eigenvalue weighted by atomic mass is 9.96. The smallest absolute Gasteiger partial charge is 0.225 e. The van der Waals surface area contributed by atoms with Crippen LogP contribution in [0.2, 0.25) is 0 Å². The van der Waals surface area contributed by atoms with Gasteiger partial charge in [0.1, 0.15) is 0 Å². The SMILES string of the molecule is CCCC(CCC)C(=O)N(CCC)Cc1ccsc1. The van der Waals surface area contributed by atoms with Gasteiger partial charge < -0.3 is 4.90 Å². The summed E-state index contributed by atoms with van der Waals surface area (Å²) in [7, 11) is 0. The summed E-state index contributed by atoms with van der Waals surface area (Å²) in [6.45, 7) is 8.12. The van der Waals surface area contributed by atoms with E-state index in [2.05, 4.69) is 42.5 Å². The van der Waals surface area contributed by atoms with Gasteiger partial charge >= 0.3 is 0 Å². The Bertz CT molecular complexity index is 342. The highest BCUT2D eigenvalue weighted by Gasteiger charge is 2.22. The van der Waals surface area contributed by atoms with Crippen LogP contribution in [0.4, 0.5) is 0 Å². The monoisotopic (exact) mass is 281 g/mol. The molecular weight excluding hydrogens is 254 g/mol. The molecule has 1 aromatic rings. The first-order chi connectivity index (χ1) is 9.22. The highest BCUT2D eigenvalue weighted by atomic mass is 32.1. The second-order valence-electron chi connectivity index (χ2n) is 5.17. The maximum atomic E-state index is 12.7. The van der Waals surface area contributed by atoms with Crippen molar-refractivity contribution < 1.29 is 4.79 Å². The Balaban J connectivity index is 2.69. The summed E-state index contributed by atoms with van der Waals surface area (Å²) >= 11 is 1.70. The standard InChI is InChI=1S/C16H27NOS/c1-4-7-15(8-5-2)16(18)17(10-6-3)12-14-9-11-19-13-14/h9,11,13,15H,4-8,10,12H2,1-3H3. The van der Waals surface area contributed by atoms with Gasteiger partial charge in [-0.1, -0.05) is 33.6 Å². The third kappa shape index (κ3) is 5.35. The molecule has 0 saturated carbocycles. The van der Waals surface area contributed by atoms with Crippen LogP contribution in [0, 0.1) is 5.92 Å². The van der Waals surface area contributed by atoms with E-state index in [4.69, 9.17) is 0 Å². The van der Waals surface area contributed by atoms with Crippen molar-refractivity contribution in [3.05, 3.63) is 22.4 Å². The van der Waals surface area contributed by atoms with Crippen LogP contribution in [0.15, 0.2) is 16.8 Å². The van der Waals surface area contributed by atoms with Crippen molar-refractivity contribution in [3.8, 4) is 0 Å². The van der Waals surface area contributed by atoms with E-state index in [1.54, 1.807) is 11.3 Å². The second-order valence-corrected chi connectivity index (χ2v) is 5.95. The van der Waals surface area contributed by atoms with Crippen molar-refractivity contribution in [3.63, 3.8) is 0 Å². The highest BCUT2D eigenvalue weighted by molar-refractivity contribution is 7.07. The van der Waals surface area contributed by atoms with E-state index in [0.717, 1.165) is 45.2 Å².